The largest absolute Gasteiger partial charge is 0.378 e. The first-order valence-corrected chi connectivity index (χ1v) is 5.16. The van der Waals surface area contributed by atoms with Crippen molar-refractivity contribution in [2.75, 3.05) is 26.8 Å². The topological polar surface area (TPSA) is 29.5 Å². The third-order valence-corrected chi connectivity index (χ3v) is 2.76. The molecule has 3 heteroatoms. The Kier molecular flexibility index (Phi) is 3.14. The van der Waals surface area contributed by atoms with Crippen LogP contribution >= 0.6 is 0 Å². The second kappa shape index (κ2) is 4.55. The highest BCUT2D eigenvalue weighted by atomic mass is 16.5. The number of Topliss-reactive ketones (excluding diaryl/α,β-unsaturated/α-hetero) is 1. The molecule has 1 saturated heterocycles. The second-order valence-corrected chi connectivity index (χ2v) is 3.80. The Morgan fingerprint density at radius 2 is 2.13 bits per heavy atom. The number of hydrogen-bond donors (Lipinski definition) is 0. The van der Waals surface area contributed by atoms with E-state index in [1.54, 1.807) is 0 Å². The van der Waals surface area contributed by atoms with Gasteiger partial charge in [-0.1, -0.05) is 30.3 Å². The molecule has 1 atom stereocenters. The summed E-state index contributed by atoms with van der Waals surface area (Å²) in [6.45, 7) is 2.04. The summed E-state index contributed by atoms with van der Waals surface area (Å²) in [5.74, 6) is 0.151. The summed E-state index contributed by atoms with van der Waals surface area (Å²) in [6, 6.07) is 9.27. The summed E-state index contributed by atoms with van der Waals surface area (Å²) in [5.41, 5.74) is 0.764. The van der Waals surface area contributed by atoms with Crippen LogP contribution in [0, 0.1) is 0 Å². The minimum absolute atomic E-state index is 0.124. The lowest BCUT2D eigenvalue weighted by Crippen LogP contribution is -2.47. The van der Waals surface area contributed by atoms with Crippen molar-refractivity contribution >= 4 is 5.78 Å². The highest BCUT2D eigenvalue weighted by molar-refractivity contribution is 6.00. The van der Waals surface area contributed by atoms with Gasteiger partial charge in [0.1, 0.15) is 0 Å². The molecule has 0 aromatic heterocycles. The smallest absolute Gasteiger partial charge is 0.182 e. The van der Waals surface area contributed by atoms with Gasteiger partial charge in [-0.2, -0.15) is 0 Å². The van der Waals surface area contributed by atoms with Crippen LogP contribution in [-0.4, -0.2) is 43.5 Å². The zero-order valence-electron chi connectivity index (χ0n) is 8.85. The van der Waals surface area contributed by atoms with Crippen LogP contribution in [0.25, 0.3) is 0 Å². The van der Waals surface area contributed by atoms with E-state index in [0.717, 1.165) is 18.7 Å². The normalized spacial score (nSPS) is 22.6. The van der Waals surface area contributed by atoms with E-state index in [9.17, 15) is 4.79 Å². The first kappa shape index (κ1) is 10.3. The summed E-state index contributed by atoms with van der Waals surface area (Å²) < 4.78 is 5.33. The van der Waals surface area contributed by atoms with Gasteiger partial charge in [0.2, 0.25) is 0 Å². The Bertz CT molecular complexity index is 337. The molecule has 3 nitrogen and oxygen atoms in total. The molecule has 80 valence electrons. The van der Waals surface area contributed by atoms with Gasteiger partial charge >= 0.3 is 0 Å². The third-order valence-electron chi connectivity index (χ3n) is 2.76. The van der Waals surface area contributed by atoms with Crippen molar-refractivity contribution in [2.45, 2.75) is 6.04 Å². The van der Waals surface area contributed by atoms with E-state index in [1.807, 2.05) is 37.4 Å². The third kappa shape index (κ3) is 2.25. The van der Waals surface area contributed by atoms with Crippen molar-refractivity contribution in [3.05, 3.63) is 35.9 Å². The Labute approximate surface area is 89.7 Å². The van der Waals surface area contributed by atoms with E-state index in [1.165, 1.54) is 0 Å². The van der Waals surface area contributed by atoms with Crippen LogP contribution < -0.4 is 0 Å². The molecule has 0 N–H and O–H groups in total. The van der Waals surface area contributed by atoms with Crippen LogP contribution in [0.15, 0.2) is 30.3 Å². The Morgan fingerprint density at radius 3 is 2.80 bits per heavy atom. The number of ketones is 1. The molecule has 1 fully saturated rings. The van der Waals surface area contributed by atoms with Crippen molar-refractivity contribution in [1.82, 2.24) is 4.90 Å². The number of benzene rings is 1. The average molecular weight is 205 g/mol. The van der Waals surface area contributed by atoms with E-state index < -0.39 is 0 Å². The number of carbonyl (C=O) groups is 1. The highest BCUT2D eigenvalue weighted by Crippen LogP contribution is 2.11. The fourth-order valence-corrected chi connectivity index (χ4v) is 1.76. The SMILES string of the molecule is CN1CCOCC1C(=O)c1ccccc1. The van der Waals surface area contributed by atoms with Gasteiger partial charge in [-0.3, -0.25) is 9.69 Å². The van der Waals surface area contributed by atoms with Crippen LogP contribution in [0.5, 0.6) is 0 Å². The fourth-order valence-electron chi connectivity index (χ4n) is 1.76. The molecule has 0 spiro atoms. The monoisotopic (exact) mass is 205 g/mol. The molecule has 1 heterocycles. The van der Waals surface area contributed by atoms with E-state index in [2.05, 4.69) is 4.90 Å². The lowest BCUT2D eigenvalue weighted by Gasteiger charge is -2.31. The first-order valence-electron chi connectivity index (χ1n) is 5.16. The van der Waals surface area contributed by atoms with Gasteiger partial charge in [0.25, 0.3) is 0 Å². The lowest BCUT2D eigenvalue weighted by molar-refractivity contribution is 0.00994. The fraction of sp³-hybridized carbons (Fsp3) is 0.417. The number of rotatable bonds is 2. The summed E-state index contributed by atoms with van der Waals surface area (Å²) >= 11 is 0. The van der Waals surface area contributed by atoms with Crippen LogP contribution in [-0.2, 0) is 4.74 Å². The summed E-state index contributed by atoms with van der Waals surface area (Å²) in [4.78, 5) is 14.1. The van der Waals surface area contributed by atoms with Gasteiger partial charge in [0.15, 0.2) is 5.78 Å². The van der Waals surface area contributed by atoms with Crippen LogP contribution in [0.3, 0.4) is 0 Å². The van der Waals surface area contributed by atoms with Gasteiger partial charge < -0.3 is 4.74 Å². The summed E-state index contributed by atoms with van der Waals surface area (Å²) in [6.07, 6.45) is 0. The molecule has 0 bridgehead atoms. The van der Waals surface area contributed by atoms with Crippen molar-refractivity contribution in [3.8, 4) is 0 Å². The van der Waals surface area contributed by atoms with Crippen molar-refractivity contribution in [2.24, 2.45) is 0 Å². The lowest BCUT2D eigenvalue weighted by atomic mass is 10.0. The van der Waals surface area contributed by atoms with Gasteiger partial charge in [0, 0.05) is 12.1 Å². The molecule has 1 unspecified atom stereocenters. The number of likely N-dealkylation sites (N-methyl/N-ethyl adjacent to an activating group) is 1. The number of morpholine rings is 1. The van der Waals surface area contributed by atoms with Crippen LogP contribution in [0.1, 0.15) is 10.4 Å². The Hall–Kier alpha value is -1.19. The van der Waals surface area contributed by atoms with Gasteiger partial charge in [0.05, 0.1) is 19.3 Å². The highest BCUT2D eigenvalue weighted by Gasteiger charge is 2.27. The van der Waals surface area contributed by atoms with Gasteiger partial charge in [-0.15, -0.1) is 0 Å². The molecular formula is C12H15NO2. The summed E-state index contributed by atoms with van der Waals surface area (Å²) in [5, 5.41) is 0. The van der Waals surface area contributed by atoms with Gasteiger partial charge in [-0.05, 0) is 7.05 Å². The molecule has 0 aliphatic carbocycles. The van der Waals surface area contributed by atoms with Crippen molar-refractivity contribution < 1.29 is 9.53 Å². The average Bonchev–Trinajstić information content (AvgIpc) is 2.30. The second-order valence-electron chi connectivity index (χ2n) is 3.80. The molecule has 1 aromatic rings. The molecule has 15 heavy (non-hydrogen) atoms. The maximum Gasteiger partial charge on any atom is 0.182 e. The molecule has 0 saturated carbocycles. The molecule has 1 aromatic carbocycles. The zero-order valence-corrected chi connectivity index (χ0v) is 8.85. The van der Waals surface area contributed by atoms with E-state index in [0.29, 0.717) is 6.61 Å². The molecule has 1 aliphatic rings. The van der Waals surface area contributed by atoms with Crippen molar-refractivity contribution in [3.63, 3.8) is 0 Å². The molecule has 1 aliphatic heterocycles. The van der Waals surface area contributed by atoms with E-state index in [4.69, 9.17) is 4.74 Å². The Morgan fingerprint density at radius 1 is 1.40 bits per heavy atom. The summed E-state index contributed by atoms with van der Waals surface area (Å²) in [7, 11) is 1.97. The molecule has 0 amide bonds. The van der Waals surface area contributed by atoms with Crippen LogP contribution in [0.2, 0.25) is 0 Å². The van der Waals surface area contributed by atoms with Crippen molar-refractivity contribution in [1.29, 1.82) is 0 Å². The van der Waals surface area contributed by atoms with E-state index >= 15 is 0 Å². The predicted molar refractivity (Wildman–Crippen MR) is 58.0 cm³/mol. The first-order chi connectivity index (χ1) is 7.29. The maximum absolute atomic E-state index is 12.1. The van der Waals surface area contributed by atoms with Crippen LogP contribution in [0.4, 0.5) is 0 Å². The zero-order chi connectivity index (χ0) is 10.7. The van der Waals surface area contributed by atoms with E-state index in [-0.39, 0.29) is 11.8 Å². The number of nitrogens with zero attached hydrogens (tertiary/aromatic N) is 1. The number of ether oxygens (including phenoxy) is 1. The molecule has 2 rings (SSSR count). The van der Waals surface area contributed by atoms with Gasteiger partial charge in [-0.25, -0.2) is 0 Å². The standard InChI is InChI=1S/C12H15NO2/c1-13-7-8-15-9-11(13)12(14)10-5-3-2-4-6-10/h2-6,11H,7-9H2,1H3. The molecular weight excluding hydrogens is 190 g/mol. The number of carbonyl (C=O) groups excluding carboxylic acids is 1. The predicted octanol–water partition coefficient (Wildman–Crippen LogP) is 1.20. The minimum atomic E-state index is -0.124. The molecule has 0 radical (unpaired) electrons. The quantitative estimate of drug-likeness (QED) is 0.679. The maximum atomic E-state index is 12.1. The minimum Gasteiger partial charge on any atom is -0.378 e. The Balaban J connectivity index is 2.13. The number of hydrogen-bond acceptors (Lipinski definition) is 3.